The van der Waals surface area contributed by atoms with Crippen LogP contribution in [0, 0.1) is 5.92 Å². The van der Waals surface area contributed by atoms with Crippen LogP contribution in [-0.2, 0) is 6.42 Å². The van der Waals surface area contributed by atoms with Crippen LogP contribution in [-0.4, -0.2) is 5.38 Å². The van der Waals surface area contributed by atoms with Gasteiger partial charge in [0.25, 0.3) is 0 Å². The van der Waals surface area contributed by atoms with E-state index in [0.717, 1.165) is 6.42 Å². The molecule has 1 heteroatoms. The van der Waals surface area contributed by atoms with Gasteiger partial charge in [-0.25, -0.2) is 0 Å². The maximum atomic E-state index is 6.33. The third-order valence-electron chi connectivity index (χ3n) is 3.16. The molecule has 0 bridgehead atoms. The molecular weight excluding hydrogens is 192 g/mol. The quantitative estimate of drug-likeness (QED) is 0.644. The molecule has 1 aromatic rings. The highest BCUT2D eigenvalue weighted by Crippen LogP contribution is 2.31. The number of benzene rings is 1. The molecule has 0 aromatic heterocycles. The Labute approximate surface area is 91.3 Å². The van der Waals surface area contributed by atoms with Crippen molar-refractivity contribution in [1.29, 1.82) is 0 Å². The molecule has 14 heavy (non-hydrogen) atoms. The van der Waals surface area contributed by atoms with Gasteiger partial charge in [0.05, 0.1) is 0 Å². The second-order valence-electron chi connectivity index (χ2n) is 4.25. The highest BCUT2D eigenvalue weighted by molar-refractivity contribution is 6.20. The van der Waals surface area contributed by atoms with Crippen molar-refractivity contribution < 1.29 is 0 Å². The van der Waals surface area contributed by atoms with Crippen molar-refractivity contribution in [2.45, 2.75) is 37.5 Å². The summed E-state index contributed by atoms with van der Waals surface area (Å²) in [5.41, 5.74) is 1.44. The van der Waals surface area contributed by atoms with E-state index in [1.165, 1.54) is 31.2 Å². The lowest BCUT2D eigenvalue weighted by Crippen LogP contribution is -2.21. The van der Waals surface area contributed by atoms with Crippen molar-refractivity contribution in [2.75, 3.05) is 0 Å². The first kappa shape index (κ1) is 10.0. The molecule has 0 spiro atoms. The zero-order valence-corrected chi connectivity index (χ0v) is 9.21. The minimum absolute atomic E-state index is 0.406. The van der Waals surface area contributed by atoms with Gasteiger partial charge in [0, 0.05) is 5.38 Å². The van der Waals surface area contributed by atoms with Gasteiger partial charge in [-0.05, 0) is 30.7 Å². The summed E-state index contributed by atoms with van der Waals surface area (Å²) in [4.78, 5) is 0. The molecule has 0 radical (unpaired) electrons. The zero-order chi connectivity index (χ0) is 9.80. The molecular formula is C13H17Cl. The molecule has 1 saturated carbocycles. The van der Waals surface area contributed by atoms with Gasteiger partial charge in [0.1, 0.15) is 0 Å². The van der Waals surface area contributed by atoms with E-state index in [4.69, 9.17) is 11.6 Å². The number of alkyl halides is 1. The summed E-state index contributed by atoms with van der Waals surface area (Å²) in [5, 5.41) is 0.406. The molecule has 76 valence electrons. The van der Waals surface area contributed by atoms with Crippen molar-refractivity contribution in [3.63, 3.8) is 0 Å². The summed E-state index contributed by atoms with van der Waals surface area (Å²) >= 11 is 6.33. The summed E-state index contributed by atoms with van der Waals surface area (Å²) in [6, 6.07) is 10.7. The summed E-state index contributed by atoms with van der Waals surface area (Å²) in [6.45, 7) is 0. The van der Waals surface area contributed by atoms with Crippen LogP contribution in [0.15, 0.2) is 30.3 Å². The normalized spacial score (nSPS) is 27.5. The summed E-state index contributed by atoms with van der Waals surface area (Å²) in [6.07, 6.45) is 6.36. The first-order valence-corrected chi connectivity index (χ1v) is 5.98. The Hall–Kier alpha value is -0.490. The van der Waals surface area contributed by atoms with Crippen molar-refractivity contribution in [3.05, 3.63) is 35.9 Å². The Morgan fingerprint density at radius 2 is 1.79 bits per heavy atom. The van der Waals surface area contributed by atoms with E-state index in [1.807, 2.05) is 0 Å². The van der Waals surface area contributed by atoms with Crippen molar-refractivity contribution >= 4 is 11.6 Å². The van der Waals surface area contributed by atoms with Crippen molar-refractivity contribution in [2.24, 2.45) is 5.92 Å². The van der Waals surface area contributed by atoms with Gasteiger partial charge in [-0.1, -0.05) is 43.2 Å². The monoisotopic (exact) mass is 208 g/mol. The third-order valence-corrected chi connectivity index (χ3v) is 3.73. The molecule has 1 aliphatic carbocycles. The lowest BCUT2D eigenvalue weighted by atomic mass is 9.84. The number of rotatable bonds is 2. The minimum atomic E-state index is 0.406. The van der Waals surface area contributed by atoms with Gasteiger partial charge in [0.2, 0.25) is 0 Å². The summed E-state index contributed by atoms with van der Waals surface area (Å²) < 4.78 is 0. The van der Waals surface area contributed by atoms with Crippen LogP contribution in [0.2, 0.25) is 0 Å². The van der Waals surface area contributed by atoms with Crippen LogP contribution >= 0.6 is 11.6 Å². The molecule has 0 nitrogen and oxygen atoms in total. The van der Waals surface area contributed by atoms with Crippen LogP contribution < -0.4 is 0 Å². The lowest BCUT2D eigenvalue weighted by molar-refractivity contribution is 0.364. The fourth-order valence-electron chi connectivity index (χ4n) is 2.31. The van der Waals surface area contributed by atoms with Crippen LogP contribution in [0.25, 0.3) is 0 Å². The third kappa shape index (κ3) is 2.51. The molecule has 2 atom stereocenters. The van der Waals surface area contributed by atoms with E-state index in [1.54, 1.807) is 0 Å². The highest BCUT2D eigenvalue weighted by atomic mass is 35.5. The highest BCUT2D eigenvalue weighted by Gasteiger charge is 2.22. The maximum absolute atomic E-state index is 6.33. The average Bonchev–Trinajstić information content (AvgIpc) is 2.23. The minimum Gasteiger partial charge on any atom is -0.123 e. The van der Waals surface area contributed by atoms with Crippen LogP contribution in [0.1, 0.15) is 31.2 Å². The Kier molecular flexibility index (Phi) is 3.47. The number of hydrogen-bond acceptors (Lipinski definition) is 0. The van der Waals surface area contributed by atoms with E-state index in [-0.39, 0.29) is 0 Å². The van der Waals surface area contributed by atoms with Gasteiger partial charge < -0.3 is 0 Å². The Balaban J connectivity index is 1.96. The zero-order valence-electron chi connectivity index (χ0n) is 8.45. The first-order valence-electron chi connectivity index (χ1n) is 5.54. The largest absolute Gasteiger partial charge is 0.123 e. The predicted molar refractivity (Wildman–Crippen MR) is 61.7 cm³/mol. The summed E-state index contributed by atoms with van der Waals surface area (Å²) in [7, 11) is 0. The average molecular weight is 209 g/mol. The van der Waals surface area contributed by atoms with Gasteiger partial charge in [-0.2, -0.15) is 0 Å². The molecule has 1 aromatic carbocycles. The molecule has 0 N–H and O–H groups in total. The molecule has 0 aliphatic heterocycles. The number of hydrogen-bond donors (Lipinski definition) is 0. The molecule has 2 unspecified atom stereocenters. The summed E-state index contributed by atoms with van der Waals surface area (Å²) in [5.74, 6) is 0.702. The SMILES string of the molecule is ClC1CCCCC1Cc1ccccc1. The maximum Gasteiger partial charge on any atom is 0.0367 e. The molecule has 1 fully saturated rings. The predicted octanol–water partition coefficient (Wildman–Crippen LogP) is 4.03. The van der Waals surface area contributed by atoms with Gasteiger partial charge >= 0.3 is 0 Å². The van der Waals surface area contributed by atoms with E-state index in [2.05, 4.69) is 30.3 Å². The van der Waals surface area contributed by atoms with E-state index in [0.29, 0.717) is 11.3 Å². The fourth-order valence-corrected chi connectivity index (χ4v) is 2.68. The topological polar surface area (TPSA) is 0 Å². The van der Waals surface area contributed by atoms with E-state index >= 15 is 0 Å². The van der Waals surface area contributed by atoms with Crippen LogP contribution in [0.5, 0.6) is 0 Å². The van der Waals surface area contributed by atoms with Crippen LogP contribution in [0.3, 0.4) is 0 Å². The second kappa shape index (κ2) is 4.84. The van der Waals surface area contributed by atoms with Gasteiger partial charge in [-0.3, -0.25) is 0 Å². The van der Waals surface area contributed by atoms with E-state index < -0.39 is 0 Å². The van der Waals surface area contributed by atoms with Crippen LogP contribution in [0.4, 0.5) is 0 Å². The molecule has 1 aliphatic rings. The fraction of sp³-hybridized carbons (Fsp3) is 0.538. The van der Waals surface area contributed by atoms with Gasteiger partial charge in [0.15, 0.2) is 0 Å². The Morgan fingerprint density at radius 1 is 1.07 bits per heavy atom. The lowest BCUT2D eigenvalue weighted by Gasteiger charge is -2.26. The Bertz CT molecular complexity index is 268. The van der Waals surface area contributed by atoms with E-state index in [9.17, 15) is 0 Å². The molecule has 0 heterocycles. The van der Waals surface area contributed by atoms with Crippen molar-refractivity contribution in [3.8, 4) is 0 Å². The Morgan fingerprint density at radius 3 is 2.50 bits per heavy atom. The van der Waals surface area contributed by atoms with Gasteiger partial charge in [-0.15, -0.1) is 11.6 Å². The smallest absolute Gasteiger partial charge is 0.0367 e. The second-order valence-corrected chi connectivity index (χ2v) is 4.81. The number of halogens is 1. The van der Waals surface area contributed by atoms with Crippen molar-refractivity contribution in [1.82, 2.24) is 0 Å². The first-order chi connectivity index (χ1) is 6.86. The molecule has 2 rings (SSSR count). The standard InChI is InChI=1S/C13H17Cl/c14-13-9-5-4-8-12(13)10-11-6-2-1-3-7-11/h1-3,6-7,12-13H,4-5,8-10H2. The molecule has 0 saturated heterocycles. The molecule has 0 amide bonds.